The molecule has 20 heavy (non-hydrogen) atoms. The third kappa shape index (κ3) is 4.06. The van der Waals surface area contributed by atoms with Crippen LogP contribution < -0.4 is 5.32 Å². The smallest absolute Gasteiger partial charge is 0.307 e. The molecule has 2 rings (SSSR count). The van der Waals surface area contributed by atoms with E-state index in [2.05, 4.69) is 30.6 Å². The van der Waals surface area contributed by atoms with Crippen LogP contribution in [0, 0.1) is 11.8 Å². The van der Waals surface area contributed by atoms with Gasteiger partial charge in [-0.3, -0.25) is 4.79 Å². The monoisotopic (exact) mass is 295 g/mol. The van der Waals surface area contributed by atoms with Crippen molar-refractivity contribution >= 4 is 17.3 Å². The van der Waals surface area contributed by atoms with E-state index in [0.29, 0.717) is 12.5 Å². The zero-order chi connectivity index (χ0) is 14.5. The standard InChI is InChI=1S/C16H25NO2S/c1-11-6-7-13(9-12(11)2)17-14(10-16(18)19-3)15-5-4-8-20-15/h4-5,8,11-14,17H,6-7,9-10H2,1-3H3. The highest BCUT2D eigenvalue weighted by atomic mass is 32.1. The molecule has 4 unspecified atom stereocenters. The van der Waals surface area contributed by atoms with Crippen molar-refractivity contribution < 1.29 is 9.53 Å². The van der Waals surface area contributed by atoms with Gasteiger partial charge in [0, 0.05) is 10.9 Å². The lowest BCUT2D eigenvalue weighted by Crippen LogP contribution is -2.39. The summed E-state index contributed by atoms with van der Waals surface area (Å²) in [6.45, 7) is 4.67. The van der Waals surface area contributed by atoms with Crippen molar-refractivity contribution in [1.82, 2.24) is 5.32 Å². The van der Waals surface area contributed by atoms with Crippen LogP contribution in [-0.4, -0.2) is 19.1 Å². The summed E-state index contributed by atoms with van der Waals surface area (Å²) in [6.07, 6.45) is 4.09. The number of ether oxygens (including phenoxy) is 1. The molecule has 4 atom stereocenters. The Labute approximate surface area is 125 Å². The van der Waals surface area contributed by atoms with Gasteiger partial charge in [0.25, 0.3) is 0 Å². The molecule has 1 fully saturated rings. The minimum Gasteiger partial charge on any atom is -0.469 e. The van der Waals surface area contributed by atoms with Crippen LogP contribution in [-0.2, 0) is 9.53 Å². The van der Waals surface area contributed by atoms with Crippen LogP contribution in [0.1, 0.15) is 50.4 Å². The Bertz CT molecular complexity index is 418. The number of methoxy groups -OCH3 is 1. The molecule has 0 spiro atoms. The predicted octanol–water partition coefficient (Wildman–Crippen LogP) is 3.77. The molecule has 1 aliphatic carbocycles. The summed E-state index contributed by atoms with van der Waals surface area (Å²) < 4.78 is 4.83. The molecule has 112 valence electrons. The molecule has 1 aromatic rings. The van der Waals surface area contributed by atoms with Gasteiger partial charge in [-0.15, -0.1) is 11.3 Å². The zero-order valence-corrected chi connectivity index (χ0v) is 13.4. The van der Waals surface area contributed by atoms with E-state index in [1.807, 2.05) is 6.07 Å². The Kier molecular flexibility index (Phi) is 5.61. The van der Waals surface area contributed by atoms with Gasteiger partial charge >= 0.3 is 5.97 Å². The van der Waals surface area contributed by atoms with Crippen molar-refractivity contribution in [3.63, 3.8) is 0 Å². The molecule has 0 bridgehead atoms. The Hall–Kier alpha value is -0.870. The maximum absolute atomic E-state index is 11.6. The Morgan fingerprint density at radius 2 is 2.25 bits per heavy atom. The van der Waals surface area contributed by atoms with Crippen molar-refractivity contribution in [2.24, 2.45) is 11.8 Å². The molecule has 1 saturated carbocycles. The molecule has 0 aliphatic heterocycles. The van der Waals surface area contributed by atoms with Gasteiger partial charge < -0.3 is 10.1 Å². The fraction of sp³-hybridized carbons (Fsp3) is 0.688. The van der Waals surface area contributed by atoms with Crippen LogP contribution in [0.2, 0.25) is 0 Å². The van der Waals surface area contributed by atoms with Gasteiger partial charge in [-0.1, -0.05) is 19.9 Å². The number of esters is 1. The van der Waals surface area contributed by atoms with Crippen LogP contribution in [0.15, 0.2) is 17.5 Å². The highest BCUT2D eigenvalue weighted by Crippen LogP contribution is 2.32. The molecule has 0 aromatic carbocycles. The first-order chi connectivity index (χ1) is 9.60. The molecule has 1 heterocycles. The van der Waals surface area contributed by atoms with E-state index >= 15 is 0 Å². The first-order valence-electron chi connectivity index (χ1n) is 7.46. The normalized spacial score (nSPS) is 28.1. The van der Waals surface area contributed by atoms with E-state index in [1.165, 1.54) is 31.2 Å². The SMILES string of the molecule is COC(=O)CC(NC1CCC(C)C(C)C1)c1cccs1. The van der Waals surface area contributed by atoms with Gasteiger partial charge in [-0.05, 0) is 42.5 Å². The number of thiophene rings is 1. The molecule has 1 aliphatic rings. The molecule has 0 saturated heterocycles. The van der Waals surface area contributed by atoms with Crippen molar-refractivity contribution in [3.05, 3.63) is 22.4 Å². The summed E-state index contributed by atoms with van der Waals surface area (Å²) in [7, 11) is 1.46. The van der Waals surface area contributed by atoms with Gasteiger partial charge in [0.1, 0.15) is 0 Å². The molecule has 0 amide bonds. The van der Waals surface area contributed by atoms with Gasteiger partial charge in [0.2, 0.25) is 0 Å². The number of hydrogen-bond acceptors (Lipinski definition) is 4. The van der Waals surface area contributed by atoms with Crippen LogP contribution >= 0.6 is 11.3 Å². The third-order valence-electron chi connectivity index (χ3n) is 4.52. The van der Waals surface area contributed by atoms with Gasteiger partial charge in [-0.25, -0.2) is 0 Å². The average molecular weight is 295 g/mol. The van der Waals surface area contributed by atoms with Gasteiger partial charge in [0.05, 0.1) is 19.6 Å². The van der Waals surface area contributed by atoms with E-state index < -0.39 is 0 Å². The largest absolute Gasteiger partial charge is 0.469 e. The lowest BCUT2D eigenvalue weighted by atomic mass is 9.79. The van der Waals surface area contributed by atoms with E-state index in [1.54, 1.807) is 11.3 Å². The highest BCUT2D eigenvalue weighted by molar-refractivity contribution is 7.10. The summed E-state index contributed by atoms with van der Waals surface area (Å²) in [5.41, 5.74) is 0. The molecular weight excluding hydrogens is 270 g/mol. The number of nitrogens with one attached hydrogen (secondary N) is 1. The number of hydrogen-bond donors (Lipinski definition) is 1. The maximum Gasteiger partial charge on any atom is 0.307 e. The average Bonchev–Trinajstić information content (AvgIpc) is 2.96. The minimum atomic E-state index is -0.145. The second-order valence-electron chi connectivity index (χ2n) is 5.98. The summed E-state index contributed by atoms with van der Waals surface area (Å²) in [6, 6.07) is 4.74. The Morgan fingerprint density at radius 1 is 1.45 bits per heavy atom. The van der Waals surface area contributed by atoms with Gasteiger partial charge in [-0.2, -0.15) is 0 Å². The maximum atomic E-state index is 11.6. The number of carbonyl (C=O) groups excluding carboxylic acids is 1. The molecule has 0 radical (unpaired) electrons. The summed E-state index contributed by atoms with van der Waals surface area (Å²) in [4.78, 5) is 12.8. The van der Waals surface area contributed by atoms with Crippen molar-refractivity contribution in [2.75, 3.05) is 7.11 Å². The van der Waals surface area contributed by atoms with Gasteiger partial charge in [0.15, 0.2) is 0 Å². The van der Waals surface area contributed by atoms with E-state index in [4.69, 9.17) is 4.74 Å². The fourth-order valence-electron chi connectivity index (χ4n) is 2.96. The molecule has 1 aromatic heterocycles. The van der Waals surface area contributed by atoms with E-state index in [9.17, 15) is 4.79 Å². The fourth-order valence-corrected chi connectivity index (χ4v) is 3.75. The van der Waals surface area contributed by atoms with E-state index in [0.717, 1.165) is 11.8 Å². The molecule has 4 heteroatoms. The van der Waals surface area contributed by atoms with Crippen LogP contribution in [0.25, 0.3) is 0 Å². The summed E-state index contributed by atoms with van der Waals surface area (Å²) >= 11 is 1.70. The van der Waals surface area contributed by atoms with E-state index in [-0.39, 0.29) is 12.0 Å². The van der Waals surface area contributed by atoms with Crippen molar-refractivity contribution in [1.29, 1.82) is 0 Å². The minimum absolute atomic E-state index is 0.0908. The zero-order valence-electron chi connectivity index (χ0n) is 12.6. The van der Waals surface area contributed by atoms with Crippen molar-refractivity contribution in [2.45, 2.75) is 51.6 Å². The quantitative estimate of drug-likeness (QED) is 0.840. The third-order valence-corrected chi connectivity index (χ3v) is 5.51. The van der Waals surface area contributed by atoms with Crippen LogP contribution in [0.5, 0.6) is 0 Å². The topological polar surface area (TPSA) is 38.3 Å². The number of carbonyl (C=O) groups is 1. The summed E-state index contributed by atoms with van der Waals surface area (Å²) in [5, 5.41) is 5.75. The predicted molar refractivity (Wildman–Crippen MR) is 82.8 cm³/mol. The second-order valence-corrected chi connectivity index (χ2v) is 6.96. The van der Waals surface area contributed by atoms with Crippen molar-refractivity contribution in [3.8, 4) is 0 Å². The summed E-state index contributed by atoms with van der Waals surface area (Å²) in [5.74, 6) is 1.42. The van der Waals surface area contributed by atoms with Crippen LogP contribution in [0.3, 0.4) is 0 Å². The lowest BCUT2D eigenvalue weighted by Gasteiger charge is -2.34. The first-order valence-corrected chi connectivity index (χ1v) is 8.34. The lowest BCUT2D eigenvalue weighted by molar-refractivity contribution is -0.141. The Morgan fingerprint density at radius 3 is 2.85 bits per heavy atom. The highest BCUT2D eigenvalue weighted by Gasteiger charge is 2.27. The van der Waals surface area contributed by atoms with Crippen LogP contribution in [0.4, 0.5) is 0 Å². The molecular formula is C16H25NO2S. The molecule has 3 nitrogen and oxygen atoms in total. The first kappa shape index (κ1) is 15.5. The Balaban J connectivity index is 1.99. The molecule has 1 N–H and O–H groups in total. The second kappa shape index (κ2) is 7.23. The number of rotatable bonds is 5.